The van der Waals surface area contributed by atoms with Gasteiger partial charge in [0.15, 0.2) is 23.3 Å². The third-order valence-electron chi connectivity index (χ3n) is 13.3. The average Bonchev–Trinajstić information content (AvgIpc) is 3.44. The molecule has 0 N–H and O–H groups in total. The maximum absolute atomic E-state index is 5.20. The monoisotopic (exact) mass is 894 g/mol. The molecule has 326 valence electrons. The third-order valence-corrected chi connectivity index (χ3v) is 13.3. The third kappa shape index (κ3) is 7.21. The first kappa shape index (κ1) is 41.0. The Hall–Kier alpha value is -9.27. The van der Waals surface area contributed by atoms with Gasteiger partial charge in [0, 0.05) is 45.0 Å². The highest BCUT2D eigenvalue weighted by Gasteiger charge is 2.39. The molecule has 4 heterocycles. The van der Waals surface area contributed by atoms with Crippen molar-refractivity contribution in [2.45, 2.75) is 0 Å². The van der Waals surface area contributed by atoms with E-state index in [0.717, 1.165) is 45.0 Å². The lowest BCUT2D eigenvalue weighted by molar-refractivity contribution is 1.02. The molecule has 0 saturated heterocycles. The van der Waals surface area contributed by atoms with Gasteiger partial charge in [0.25, 0.3) is 0 Å². The summed E-state index contributed by atoms with van der Waals surface area (Å²) in [5, 5.41) is 0. The number of fused-ring (bicyclic) bond motifs is 4. The van der Waals surface area contributed by atoms with Gasteiger partial charge < -0.3 is 0 Å². The van der Waals surface area contributed by atoms with Crippen molar-refractivity contribution in [3.63, 3.8) is 0 Å². The minimum atomic E-state index is -0.0513. The van der Waals surface area contributed by atoms with Crippen LogP contribution < -0.4 is 42.6 Å². The van der Waals surface area contributed by atoms with Crippen LogP contribution in [0.25, 0.3) is 45.6 Å². The van der Waals surface area contributed by atoms with Crippen LogP contribution in [0.1, 0.15) is 0 Å². The SMILES string of the molecule is c1ccc(-c2nc(-c3ccccc3)nc(N3c4ccccc4B(c4ccc(B5c6ccccc6N(c6nc(-c7ccccc7)nc(-c7ccccc7)n6)c6ccccc65)cc4)c4ccccc43)n2)cc1. The molecule has 2 aliphatic heterocycles. The van der Waals surface area contributed by atoms with E-state index in [2.05, 4.69) is 131 Å². The van der Waals surface area contributed by atoms with Gasteiger partial charge in [-0.25, -0.2) is 9.97 Å². The smallest absolute Gasteiger partial charge is 0.246 e. The molecule has 8 nitrogen and oxygen atoms in total. The molecule has 0 amide bonds. The molecule has 0 atom stereocenters. The molecule has 10 heteroatoms. The second kappa shape index (κ2) is 17.4. The van der Waals surface area contributed by atoms with E-state index in [1.54, 1.807) is 0 Å². The fraction of sp³-hybridized carbons (Fsp3) is 0. The van der Waals surface area contributed by atoms with Crippen molar-refractivity contribution in [3.05, 3.63) is 243 Å². The Morgan fingerprint density at radius 2 is 0.457 bits per heavy atom. The van der Waals surface area contributed by atoms with Crippen molar-refractivity contribution in [1.29, 1.82) is 0 Å². The molecule has 0 spiro atoms. The van der Waals surface area contributed by atoms with Crippen molar-refractivity contribution >= 4 is 80.8 Å². The van der Waals surface area contributed by atoms with Crippen molar-refractivity contribution in [1.82, 2.24) is 29.9 Å². The van der Waals surface area contributed by atoms with Crippen LogP contribution in [0.4, 0.5) is 34.6 Å². The molecular formula is C60H40B2N8. The fourth-order valence-corrected chi connectivity index (χ4v) is 10.2. The van der Waals surface area contributed by atoms with E-state index >= 15 is 0 Å². The summed E-state index contributed by atoms with van der Waals surface area (Å²) in [5.41, 5.74) is 14.9. The number of benzene rings is 9. The standard InChI is InChI=1S/C60H40B2N8/c1-5-21-41(22-6-1)55-63-56(42-23-7-2-8-24-42)66-59(65-55)69-51-33-17-13-29-47(51)61(48-30-14-18-34-52(48)69)45-37-39-46(40-38-45)62-49-31-15-19-35-53(49)70(54-36-20-16-32-50(54)62)60-67-57(43-25-9-3-10-26-43)64-58(68-60)44-27-11-4-12-28-44/h1-40H. The quantitative estimate of drug-likeness (QED) is 0.140. The Labute approximate surface area is 406 Å². The molecule has 0 aliphatic carbocycles. The molecule has 0 saturated carbocycles. The van der Waals surface area contributed by atoms with Crippen LogP contribution in [0.3, 0.4) is 0 Å². The van der Waals surface area contributed by atoms with Gasteiger partial charge in [-0.15, -0.1) is 0 Å². The van der Waals surface area contributed by atoms with Gasteiger partial charge in [0.2, 0.25) is 25.3 Å². The largest absolute Gasteiger partial charge is 0.280 e. The van der Waals surface area contributed by atoms with E-state index in [1.165, 1.54) is 32.8 Å². The van der Waals surface area contributed by atoms with E-state index in [1.807, 2.05) is 121 Å². The van der Waals surface area contributed by atoms with E-state index < -0.39 is 0 Å². The number of anilines is 6. The molecule has 0 bridgehead atoms. The Bertz CT molecular complexity index is 3240. The zero-order chi connectivity index (χ0) is 46.4. The predicted octanol–water partition coefficient (Wildman–Crippen LogP) is 9.32. The highest BCUT2D eigenvalue weighted by Crippen LogP contribution is 2.37. The summed E-state index contributed by atoms with van der Waals surface area (Å²) >= 11 is 0. The first-order valence-corrected chi connectivity index (χ1v) is 23.5. The molecule has 0 radical (unpaired) electrons. The molecule has 0 unspecified atom stereocenters. The maximum Gasteiger partial charge on any atom is 0.246 e. The summed E-state index contributed by atoms with van der Waals surface area (Å²) < 4.78 is 0. The van der Waals surface area contributed by atoms with Gasteiger partial charge in [-0.2, -0.15) is 19.9 Å². The number of hydrogen-bond acceptors (Lipinski definition) is 8. The van der Waals surface area contributed by atoms with Gasteiger partial charge in [-0.1, -0.05) is 229 Å². The summed E-state index contributed by atoms with van der Waals surface area (Å²) in [6.07, 6.45) is 0. The summed E-state index contributed by atoms with van der Waals surface area (Å²) in [7, 11) is 0. The summed E-state index contributed by atoms with van der Waals surface area (Å²) in [5.74, 6) is 3.60. The van der Waals surface area contributed by atoms with E-state index in [9.17, 15) is 0 Å². The number of hydrogen-bond donors (Lipinski definition) is 0. The van der Waals surface area contributed by atoms with Crippen molar-refractivity contribution in [3.8, 4) is 45.6 Å². The maximum atomic E-state index is 5.20. The lowest BCUT2D eigenvalue weighted by Gasteiger charge is -2.36. The molecular weight excluding hydrogens is 854 g/mol. The van der Waals surface area contributed by atoms with Crippen molar-refractivity contribution < 1.29 is 0 Å². The lowest BCUT2D eigenvalue weighted by Crippen LogP contribution is -2.59. The minimum Gasteiger partial charge on any atom is -0.280 e. The number of rotatable bonds is 8. The van der Waals surface area contributed by atoms with Crippen molar-refractivity contribution in [2.75, 3.05) is 9.80 Å². The number of nitrogens with zero attached hydrogens (tertiary/aromatic N) is 8. The van der Waals surface area contributed by atoms with Crippen molar-refractivity contribution in [2.24, 2.45) is 0 Å². The molecule has 13 rings (SSSR count). The second-order valence-corrected chi connectivity index (χ2v) is 17.5. The minimum absolute atomic E-state index is 0.0513. The van der Waals surface area contributed by atoms with Gasteiger partial charge in [0.1, 0.15) is 0 Å². The summed E-state index contributed by atoms with van der Waals surface area (Å²) in [6, 6.07) is 84.4. The molecule has 70 heavy (non-hydrogen) atoms. The Balaban J connectivity index is 0.906. The van der Waals surface area contributed by atoms with Crippen LogP contribution >= 0.6 is 0 Å². The first-order valence-electron chi connectivity index (χ1n) is 23.5. The lowest BCUT2D eigenvalue weighted by atomic mass is 9.33. The van der Waals surface area contributed by atoms with Crippen LogP contribution in [0, 0.1) is 0 Å². The van der Waals surface area contributed by atoms with E-state index in [4.69, 9.17) is 29.9 Å². The summed E-state index contributed by atoms with van der Waals surface area (Å²) in [4.78, 5) is 35.2. The fourth-order valence-electron chi connectivity index (χ4n) is 10.2. The second-order valence-electron chi connectivity index (χ2n) is 17.5. The van der Waals surface area contributed by atoms with Crippen LogP contribution in [-0.2, 0) is 0 Å². The molecule has 2 aliphatic rings. The normalized spacial score (nSPS) is 12.5. The van der Waals surface area contributed by atoms with Gasteiger partial charge >= 0.3 is 0 Å². The first-order chi connectivity index (χ1) is 34.7. The molecule has 2 aromatic heterocycles. The highest BCUT2D eigenvalue weighted by molar-refractivity contribution is 6.99. The van der Waals surface area contributed by atoms with E-state index in [-0.39, 0.29) is 13.4 Å². The average molecular weight is 895 g/mol. The zero-order valence-electron chi connectivity index (χ0n) is 37.8. The Morgan fingerprint density at radius 1 is 0.229 bits per heavy atom. The van der Waals surface area contributed by atoms with Crippen LogP contribution in [0.5, 0.6) is 0 Å². The topological polar surface area (TPSA) is 83.8 Å². The van der Waals surface area contributed by atoms with E-state index in [0.29, 0.717) is 35.2 Å². The predicted molar refractivity (Wildman–Crippen MR) is 287 cm³/mol. The Morgan fingerprint density at radius 3 is 0.714 bits per heavy atom. The van der Waals surface area contributed by atoms with Gasteiger partial charge in [0.05, 0.1) is 0 Å². The highest BCUT2D eigenvalue weighted by atomic mass is 15.3. The molecule has 9 aromatic carbocycles. The number of aromatic nitrogens is 6. The van der Waals surface area contributed by atoms with Gasteiger partial charge in [-0.05, 0) is 46.1 Å². The molecule has 0 fully saturated rings. The molecule has 11 aromatic rings. The summed E-state index contributed by atoms with van der Waals surface area (Å²) in [6.45, 7) is -0.103. The number of para-hydroxylation sites is 4. The Kier molecular flexibility index (Phi) is 10.2. The van der Waals surface area contributed by atoms with Gasteiger partial charge in [-0.3, -0.25) is 9.80 Å². The zero-order valence-corrected chi connectivity index (χ0v) is 37.8. The van der Waals surface area contributed by atoms with Crippen LogP contribution in [-0.4, -0.2) is 43.3 Å². The van der Waals surface area contributed by atoms with Crippen LogP contribution in [0.15, 0.2) is 243 Å². The van der Waals surface area contributed by atoms with Crippen LogP contribution in [0.2, 0.25) is 0 Å².